The van der Waals surface area contributed by atoms with E-state index in [1.54, 1.807) is 0 Å². The van der Waals surface area contributed by atoms with Crippen LogP contribution in [0.3, 0.4) is 0 Å². The molecule has 18 heavy (non-hydrogen) atoms. The second-order valence-electron chi connectivity index (χ2n) is 7.16. The highest BCUT2D eigenvalue weighted by atomic mass is 15.0. The summed E-state index contributed by atoms with van der Waals surface area (Å²) in [5.74, 6) is 0.883. The lowest BCUT2D eigenvalue weighted by molar-refractivity contribution is 0.192. The Bertz CT molecular complexity index is 243. The molecule has 1 aliphatic carbocycles. The lowest BCUT2D eigenvalue weighted by Crippen LogP contribution is -2.49. The first-order valence-electron chi connectivity index (χ1n) is 8.09. The van der Waals surface area contributed by atoms with Gasteiger partial charge in [0.05, 0.1) is 0 Å². The third kappa shape index (κ3) is 3.71. The van der Waals surface area contributed by atoms with E-state index in [1.807, 2.05) is 0 Å². The molecule has 1 saturated heterocycles. The van der Waals surface area contributed by atoms with Gasteiger partial charge < -0.3 is 10.6 Å². The van der Waals surface area contributed by atoms with E-state index in [0.717, 1.165) is 18.0 Å². The first kappa shape index (κ1) is 14.3. The van der Waals surface area contributed by atoms with Crippen molar-refractivity contribution in [3.05, 3.63) is 0 Å². The quantitative estimate of drug-likeness (QED) is 0.784. The van der Waals surface area contributed by atoms with Crippen molar-refractivity contribution in [1.82, 2.24) is 10.6 Å². The maximum atomic E-state index is 3.90. The highest BCUT2D eigenvalue weighted by Gasteiger charge is 2.33. The van der Waals surface area contributed by atoms with Gasteiger partial charge in [-0.1, -0.05) is 33.6 Å². The largest absolute Gasteiger partial charge is 0.314 e. The maximum Gasteiger partial charge on any atom is 0.0111 e. The molecular weight excluding hydrogens is 220 g/mol. The van der Waals surface area contributed by atoms with Gasteiger partial charge in [0.15, 0.2) is 0 Å². The van der Waals surface area contributed by atoms with Crippen LogP contribution in [0.2, 0.25) is 0 Å². The monoisotopic (exact) mass is 252 g/mol. The van der Waals surface area contributed by atoms with E-state index in [0.29, 0.717) is 5.41 Å². The van der Waals surface area contributed by atoms with E-state index in [1.165, 1.54) is 58.0 Å². The number of hydrogen-bond donors (Lipinski definition) is 2. The molecule has 0 aromatic carbocycles. The van der Waals surface area contributed by atoms with Gasteiger partial charge in [0, 0.05) is 18.6 Å². The van der Waals surface area contributed by atoms with E-state index in [-0.39, 0.29) is 0 Å². The standard InChI is InChI=1S/C16H32N2/c1-4-16(2,3)12-18-15-9-6-5-8-13(15)14-10-7-11-17-14/h13-15,17-18H,4-12H2,1-3H3. The summed E-state index contributed by atoms with van der Waals surface area (Å²) in [5, 5.41) is 7.63. The molecule has 2 heteroatoms. The minimum atomic E-state index is 0.450. The second kappa shape index (κ2) is 6.38. The van der Waals surface area contributed by atoms with Crippen LogP contribution in [0.15, 0.2) is 0 Å². The molecule has 3 atom stereocenters. The highest BCUT2D eigenvalue weighted by Crippen LogP contribution is 2.31. The van der Waals surface area contributed by atoms with Crippen molar-refractivity contribution in [3.63, 3.8) is 0 Å². The van der Waals surface area contributed by atoms with E-state index in [4.69, 9.17) is 0 Å². The van der Waals surface area contributed by atoms with Gasteiger partial charge in [-0.2, -0.15) is 0 Å². The average Bonchev–Trinajstić information content (AvgIpc) is 2.91. The van der Waals surface area contributed by atoms with Gasteiger partial charge in [-0.15, -0.1) is 0 Å². The maximum absolute atomic E-state index is 3.90. The summed E-state index contributed by atoms with van der Waals surface area (Å²) in [6, 6.07) is 1.56. The fraction of sp³-hybridized carbons (Fsp3) is 1.00. The fourth-order valence-electron chi connectivity index (χ4n) is 3.50. The highest BCUT2D eigenvalue weighted by molar-refractivity contribution is 4.92. The molecule has 0 amide bonds. The Morgan fingerprint density at radius 3 is 2.56 bits per heavy atom. The van der Waals surface area contributed by atoms with Crippen LogP contribution in [0.5, 0.6) is 0 Å². The molecule has 2 fully saturated rings. The molecule has 0 aromatic heterocycles. The zero-order valence-electron chi connectivity index (χ0n) is 12.6. The van der Waals surface area contributed by atoms with E-state index in [2.05, 4.69) is 31.4 Å². The molecule has 3 unspecified atom stereocenters. The number of rotatable bonds is 5. The van der Waals surface area contributed by atoms with Gasteiger partial charge in [0.25, 0.3) is 0 Å². The molecule has 0 bridgehead atoms. The van der Waals surface area contributed by atoms with Crippen LogP contribution in [0, 0.1) is 11.3 Å². The number of hydrogen-bond acceptors (Lipinski definition) is 2. The Morgan fingerprint density at radius 1 is 1.11 bits per heavy atom. The molecule has 0 aromatic rings. The Morgan fingerprint density at radius 2 is 1.89 bits per heavy atom. The smallest absolute Gasteiger partial charge is 0.0111 e. The Kier molecular flexibility index (Phi) is 5.08. The van der Waals surface area contributed by atoms with Crippen molar-refractivity contribution < 1.29 is 0 Å². The molecule has 2 rings (SSSR count). The van der Waals surface area contributed by atoms with Gasteiger partial charge >= 0.3 is 0 Å². The molecule has 1 saturated carbocycles. The van der Waals surface area contributed by atoms with Crippen LogP contribution in [0.25, 0.3) is 0 Å². The molecular formula is C16H32N2. The Hall–Kier alpha value is -0.0800. The Balaban J connectivity index is 1.87. The topological polar surface area (TPSA) is 24.1 Å². The SMILES string of the molecule is CCC(C)(C)CNC1CCCCC1C1CCCN1. The van der Waals surface area contributed by atoms with Crippen molar-refractivity contribution in [1.29, 1.82) is 0 Å². The van der Waals surface area contributed by atoms with E-state index >= 15 is 0 Å². The van der Waals surface area contributed by atoms with Crippen molar-refractivity contribution in [2.45, 2.75) is 77.8 Å². The summed E-state index contributed by atoms with van der Waals surface area (Å²) >= 11 is 0. The molecule has 2 aliphatic rings. The zero-order valence-corrected chi connectivity index (χ0v) is 12.6. The first-order chi connectivity index (χ1) is 8.62. The predicted molar refractivity (Wildman–Crippen MR) is 78.8 cm³/mol. The summed E-state index contributed by atoms with van der Waals surface area (Å²) in [7, 11) is 0. The van der Waals surface area contributed by atoms with Crippen LogP contribution >= 0.6 is 0 Å². The minimum absolute atomic E-state index is 0.450. The molecule has 1 heterocycles. The van der Waals surface area contributed by atoms with Crippen LogP contribution in [0.4, 0.5) is 0 Å². The summed E-state index contributed by atoms with van der Waals surface area (Å²) < 4.78 is 0. The molecule has 1 aliphatic heterocycles. The van der Waals surface area contributed by atoms with Crippen LogP contribution in [0.1, 0.15) is 65.7 Å². The molecule has 0 spiro atoms. The van der Waals surface area contributed by atoms with Gasteiger partial charge in [0.1, 0.15) is 0 Å². The molecule has 2 nitrogen and oxygen atoms in total. The van der Waals surface area contributed by atoms with Crippen molar-refractivity contribution in [2.24, 2.45) is 11.3 Å². The van der Waals surface area contributed by atoms with Gasteiger partial charge in [0.2, 0.25) is 0 Å². The van der Waals surface area contributed by atoms with Crippen LogP contribution < -0.4 is 10.6 Å². The fourth-order valence-corrected chi connectivity index (χ4v) is 3.50. The average molecular weight is 252 g/mol. The van der Waals surface area contributed by atoms with E-state index < -0.39 is 0 Å². The third-order valence-electron chi connectivity index (χ3n) is 5.23. The normalized spacial score (nSPS) is 33.8. The Labute approximate surface area is 113 Å². The third-order valence-corrected chi connectivity index (χ3v) is 5.23. The molecule has 0 radical (unpaired) electrons. The summed E-state index contributed by atoms with van der Waals surface area (Å²) in [5.41, 5.74) is 0.450. The van der Waals surface area contributed by atoms with E-state index in [9.17, 15) is 0 Å². The predicted octanol–water partition coefficient (Wildman–Crippen LogP) is 3.32. The lowest BCUT2D eigenvalue weighted by Gasteiger charge is -2.38. The molecule has 106 valence electrons. The van der Waals surface area contributed by atoms with Crippen molar-refractivity contribution in [3.8, 4) is 0 Å². The van der Waals surface area contributed by atoms with Crippen molar-refractivity contribution >= 4 is 0 Å². The van der Waals surface area contributed by atoms with Gasteiger partial charge in [-0.05, 0) is 50.0 Å². The summed E-state index contributed by atoms with van der Waals surface area (Å²) in [6.45, 7) is 9.49. The summed E-state index contributed by atoms with van der Waals surface area (Å²) in [4.78, 5) is 0. The molecule has 2 N–H and O–H groups in total. The summed E-state index contributed by atoms with van der Waals surface area (Å²) in [6.07, 6.45) is 9.74. The lowest BCUT2D eigenvalue weighted by atomic mass is 9.78. The second-order valence-corrected chi connectivity index (χ2v) is 7.16. The van der Waals surface area contributed by atoms with Crippen molar-refractivity contribution in [2.75, 3.05) is 13.1 Å². The zero-order chi connectivity index (χ0) is 13.0. The van der Waals surface area contributed by atoms with Gasteiger partial charge in [-0.3, -0.25) is 0 Å². The van der Waals surface area contributed by atoms with Crippen LogP contribution in [-0.4, -0.2) is 25.2 Å². The first-order valence-corrected chi connectivity index (χ1v) is 8.09. The minimum Gasteiger partial charge on any atom is -0.314 e. The number of nitrogens with one attached hydrogen (secondary N) is 2. The van der Waals surface area contributed by atoms with Crippen LogP contribution in [-0.2, 0) is 0 Å². The van der Waals surface area contributed by atoms with Gasteiger partial charge in [-0.25, -0.2) is 0 Å².